The summed E-state index contributed by atoms with van der Waals surface area (Å²) in [6, 6.07) is 6.01. The molecule has 0 spiro atoms. The molecule has 2 amide bonds. The molecule has 1 rings (SSSR count). The third-order valence-corrected chi connectivity index (χ3v) is 2.88. The van der Waals surface area contributed by atoms with Crippen molar-refractivity contribution in [3.63, 3.8) is 0 Å². The summed E-state index contributed by atoms with van der Waals surface area (Å²) in [5.41, 5.74) is 5.83. The maximum atomic E-state index is 11.5. The van der Waals surface area contributed by atoms with Crippen LogP contribution in [-0.4, -0.2) is 26.5 Å². The van der Waals surface area contributed by atoms with Crippen LogP contribution in [-0.2, 0) is 19.6 Å². The molecule has 0 fully saturated rings. The number of sulfonamides is 1. The van der Waals surface area contributed by atoms with Crippen LogP contribution >= 0.6 is 0 Å². The topological polar surface area (TPSA) is 118 Å². The van der Waals surface area contributed by atoms with E-state index in [0.717, 1.165) is 6.26 Å². The lowest BCUT2D eigenvalue weighted by Gasteiger charge is -2.10. The number of amides is 2. The Balaban J connectivity index is 2.72. The molecule has 1 unspecified atom stereocenters. The molecule has 1 aromatic carbocycles. The summed E-state index contributed by atoms with van der Waals surface area (Å²) in [4.78, 5) is 22.4. The molecule has 1 atom stereocenters. The summed E-state index contributed by atoms with van der Waals surface area (Å²) < 4.78 is 24.3. The third kappa shape index (κ3) is 4.96. The molecule has 1 aromatic rings. The van der Waals surface area contributed by atoms with Gasteiger partial charge in [-0.05, 0) is 31.2 Å². The van der Waals surface area contributed by atoms with Crippen LogP contribution in [0.4, 0.5) is 11.4 Å². The lowest BCUT2D eigenvalue weighted by Crippen LogP contribution is -2.32. The zero-order valence-corrected chi connectivity index (χ0v) is 11.3. The summed E-state index contributed by atoms with van der Waals surface area (Å²) in [6.07, 6.45) is 1.04. The first-order valence-corrected chi connectivity index (χ1v) is 7.26. The first-order valence-electron chi connectivity index (χ1n) is 5.37. The van der Waals surface area contributed by atoms with Gasteiger partial charge in [-0.15, -0.1) is 0 Å². The molecule has 7 nitrogen and oxygen atoms in total. The minimum atomic E-state index is -3.34. The Hall–Kier alpha value is -2.09. The van der Waals surface area contributed by atoms with E-state index in [2.05, 4.69) is 10.0 Å². The Morgan fingerprint density at radius 2 is 1.63 bits per heavy atom. The monoisotopic (exact) mass is 285 g/mol. The highest BCUT2D eigenvalue weighted by Crippen LogP contribution is 2.15. The normalized spacial score (nSPS) is 12.5. The highest BCUT2D eigenvalue weighted by atomic mass is 32.2. The minimum absolute atomic E-state index is 0.378. The molecule has 0 saturated heterocycles. The number of hydrogen-bond donors (Lipinski definition) is 3. The second-order valence-corrected chi connectivity index (χ2v) is 5.81. The van der Waals surface area contributed by atoms with Crippen molar-refractivity contribution in [2.24, 2.45) is 11.7 Å². The van der Waals surface area contributed by atoms with Crippen molar-refractivity contribution in [3.8, 4) is 0 Å². The summed E-state index contributed by atoms with van der Waals surface area (Å²) in [7, 11) is -3.34. The van der Waals surface area contributed by atoms with Gasteiger partial charge in [-0.25, -0.2) is 8.42 Å². The maximum absolute atomic E-state index is 11.5. The molecule has 104 valence electrons. The van der Waals surface area contributed by atoms with Crippen LogP contribution in [0.1, 0.15) is 6.92 Å². The zero-order chi connectivity index (χ0) is 14.6. The van der Waals surface area contributed by atoms with Crippen LogP contribution < -0.4 is 15.8 Å². The summed E-state index contributed by atoms with van der Waals surface area (Å²) in [6.45, 7) is 1.40. The fraction of sp³-hybridized carbons (Fsp3) is 0.273. The standard InChI is InChI=1S/C11H15N3O4S/c1-7(10(12)15)11(16)13-8-3-5-9(6-4-8)14-19(2,17)18/h3-7,14H,1-2H3,(H2,12,15)(H,13,16). The average Bonchev–Trinajstić information content (AvgIpc) is 2.28. The number of rotatable bonds is 5. The first-order chi connectivity index (χ1) is 8.69. The van der Waals surface area contributed by atoms with Crippen molar-refractivity contribution in [1.82, 2.24) is 0 Å². The Morgan fingerprint density at radius 1 is 1.16 bits per heavy atom. The summed E-state index contributed by atoms with van der Waals surface area (Å²) in [5.74, 6) is -2.17. The quantitative estimate of drug-likeness (QED) is 0.666. The van der Waals surface area contributed by atoms with Crippen molar-refractivity contribution in [1.29, 1.82) is 0 Å². The Bertz CT molecular complexity index is 580. The average molecular weight is 285 g/mol. The molecule has 8 heteroatoms. The largest absolute Gasteiger partial charge is 0.369 e. The van der Waals surface area contributed by atoms with Crippen molar-refractivity contribution in [2.45, 2.75) is 6.92 Å². The Kier molecular flexibility index (Phi) is 4.49. The van der Waals surface area contributed by atoms with E-state index in [1.54, 1.807) is 0 Å². The Labute approximate surface area is 111 Å². The van der Waals surface area contributed by atoms with Crippen LogP contribution in [0.15, 0.2) is 24.3 Å². The first kappa shape index (κ1) is 15.0. The predicted octanol–water partition coefficient (Wildman–Crippen LogP) is 0.118. The summed E-state index contributed by atoms with van der Waals surface area (Å²) in [5, 5.41) is 2.50. The van der Waals surface area contributed by atoms with E-state index in [1.807, 2.05) is 0 Å². The number of nitrogens with two attached hydrogens (primary N) is 1. The molecular formula is C11H15N3O4S. The van der Waals surface area contributed by atoms with Crippen LogP contribution in [0.5, 0.6) is 0 Å². The molecule has 0 aromatic heterocycles. The molecule has 0 aliphatic heterocycles. The van der Waals surface area contributed by atoms with Gasteiger partial charge in [0, 0.05) is 11.4 Å². The molecule has 0 saturated carbocycles. The molecular weight excluding hydrogens is 270 g/mol. The maximum Gasteiger partial charge on any atom is 0.236 e. The number of hydrogen-bond acceptors (Lipinski definition) is 4. The fourth-order valence-electron chi connectivity index (χ4n) is 1.22. The van der Waals surface area contributed by atoms with Crippen LogP contribution in [0.3, 0.4) is 0 Å². The van der Waals surface area contributed by atoms with E-state index in [4.69, 9.17) is 5.73 Å². The van der Waals surface area contributed by atoms with Gasteiger partial charge < -0.3 is 11.1 Å². The van der Waals surface area contributed by atoms with Gasteiger partial charge in [-0.3, -0.25) is 14.3 Å². The minimum Gasteiger partial charge on any atom is -0.369 e. The highest BCUT2D eigenvalue weighted by Gasteiger charge is 2.18. The number of nitrogens with one attached hydrogen (secondary N) is 2. The van der Waals surface area contributed by atoms with E-state index in [0.29, 0.717) is 11.4 Å². The van der Waals surface area contributed by atoms with E-state index in [9.17, 15) is 18.0 Å². The van der Waals surface area contributed by atoms with Gasteiger partial charge in [0.1, 0.15) is 5.92 Å². The molecule has 0 aliphatic carbocycles. The van der Waals surface area contributed by atoms with Gasteiger partial charge >= 0.3 is 0 Å². The Morgan fingerprint density at radius 3 is 2.05 bits per heavy atom. The number of carbonyl (C=O) groups excluding carboxylic acids is 2. The van der Waals surface area contributed by atoms with Crippen molar-refractivity contribution in [2.75, 3.05) is 16.3 Å². The number of primary amides is 1. The third-order valence-electron chi connectivity index (χ3n) is 2.28. The van der Waals surface area contributed by atoms with E-state index in [1.165, 1.54) is 31.2 Å². The van der Waals surface area contributed by atoms with Gasteiger partial charge in [-0.1, -0.05) is 0 Å². The van der Waals surface area contributed by atoms with Gasteiger partial charge in [0.25, 0.3) is 0 Å². The number of carbonyl (C=O) groups is 2. The zero-order valence-electron chi connectivity index (χ0n) is 10.5. The van der Waals surface area contributed by atoms with Gasteiger partial charge in [0.05, 0.1) is 6.26 Å². The van der Waals surface area contributed by atoms with Gasteiger partial charge in [-0.2, -0.15) is 0 Å². The molecule has 19 heavy (non-hydrogen) atoms. The van der Waals surface area contributed by atoms with E-state index in [-0.39, 0.29) is 0 Å². The summed E-state index contributed by atoms with van der Waals surface area (Å²) >= 11 is 0. The van der Waals surface area contributed by atoms with Crippen molar-refractivity contribution < 1.29 is 18.0 Å². The smallest absolute Gasteiger partial charge is 0.236 e. The molecule has 0 radical (unpaired) electrons. The highest BCUT2D eigenvalue weighted by molar-refractivity contribution is 7.92. The lowest BCUT2D eigenvalue weighted by molar-refractivity contribution is -0.129. The SMILES string of the molecule is CC(C(N)=O)C(=O)Nc1ccc(NS(C)(=O)=O)cc1. The molecule has 0 heterocycles. The van der Waals surface area contributed by atoms with Crippen LogP contribution in [0.25, 0.3) is 0 Å². The van der Waals surface area contributed by atoms with Crippen molar-refractivity contribution >= 4 is 33.2 Å². The van der Waals surface area contributed by atoms with E-state index < -0.39 is 27.8 Å². The fourth-order valence-corrected chi connectivity index (χ4v) is 1.78. The number of anilines is 2. The molecule has 4 N–H and O–H groups in total. The van der Waals surface area contributed by atoms with Crippen LogP contribution in [0, 0.1) is 5.92 Å². The second-order valence-electron chi connectivity index (χ2n) is 4.06. The predicted molar refractivity (Wildman–Crippen MR) is 71.9 cm³/mol. The molecule has 0 aliphatic rings. The van der Waals surface area contributed by atoms with Crippen molar-refractivity contribution in [3.05, 3.63) is 24.3 Å². The second kappa shape index (κ2) is 5.70. The lowest BCUT2D eigenvalue weighted by atomic mass is 10.1. The molecule has 0 bridgehead atoms. The number of benzene rings is 1. The van der Waals surface area contributed by atoms with Gasteiger partial charge in [0.15, 0.2) is 0 Å². The van der Waals surface area contributed by atoms with E-state index >= 15 is 0 Å². The van der Waals surface area contributed by atoms with Gasteiger partial charge in [0.2, 0.25) is 21.8 Å². The van der Waals surface area contributed by atoms with Crippen LogP contribution in [0.2, 0.25) is 0 Å².